The number of nitrogens with zero attached hydrogens (tertiary/aromatic N) is 1. The highest BCUT2D eigenvalue weighted by atomic mass is 16.3. The second-order valence-electron chi connectivity index (χ2n) is 6.78. The summed E-state index contributed by atoms with van der Waals surface area (Å²) in [5.74, 6) is 0. The van der Waals surface area contributed by atoms with E-state index in [1.54, 1.807) is 0 Å². The highest BCUT2D eigenvalue weighted by Crippen LogP contribution is 2.30. The molecule has 4 heteroatoms. The lowest BCUT2D eigenvalue weighted by Gasteiger charge is -2.38. The number of aliphatic hydroxyl groups is 1. The van der Waals surface area contributed by atoms with Gasteiger partial charge in [-0.1, -0.05) is 43.7 Å². The van der Waals surface area contributed by atoms with Crippen molar-refractivity contribution in [2.24, 2.45) is 5.41 Å². The average Bonchev–Trinajstić information content (AvgIpc) is 2.54. The smallest absolute Gasteiger partial charge is 0.317 e. The van der Waals surface area contributed by atoms with Crippen molar-refractivity contribution < 1.29 is 9.90 Å². The van der Waals surface area contributed by atoms with E-state index < -0.39 is 0 Å². The van der Waals surface area contributed by atoms with Gasteiger partial charge in [-0.2, -0.15) is 0 Å². The van der Waals surface area contributed by atoms with Crippen LogP contribution in [0.2, 0.25) is 0 Å². The third kappa shape index (κ3) is 4.01. The third-order valence-corrected chi connectivity index (χ3v) is 4.83. The second-order valence-corrected chi connectivity index (χ2v) is 6.78. The number of nitrogens with one attached hydrogen (secondary N) is 1. The minimum absolute atomic E-state index is 0.00687. The number of urea groups is 1. The van der Waals surface area contributed by atoms with Crippen molar-refractivity contribution in [3.63, 3.8) is 0 Å². The van der Waals surface area contributed by atoms with Crippen LogP contribution < -0.4 is 5.32 Å². The molecule has 1 aromatic rings. The highest BCUT2D eigenvalue weighted by Gasteiger charge is 2.31. The summed E-state index contributed by atoms with van der Waals surface area (Å²) in [6.07, 6.45) is 2.59. The molecule has 1 aliphatic heterocycles. The Morgan fingerprint density at radius 2 is 1.91 bits per heavy atom. The van der Waals surface area contributed by atoms with E-state index in [0.29, 0.717) is 13.1 Å². The topological polar surface area (TPSA) is 52.6 Å². The van der Waals surface area contributed by atoms with E-state index in [4.69, 9.17) is 0 Å². The molecule has 1 fully saturated rings. The maximum Gasteiger partial charge on any atom is 0.317 e. The van der Waals surface area contributed by atoms with E-state index in [0.717, 1.165) is 24.8 Å². The number of carbonyl (C=O) groups excluding carboxylic acids is 1. The summed E-state index contributed by atoms with van der Waals surface area (Å²) >= 11 is 0. The van der Waals surface area contributed by atoms with Crippen LogP contribution in [-0.2, 0) is 0 Å². The minimum Gasteiger partial charge on any atom is -0.396 e. The molecule has 0 radical (unpaired) electrons. The number of aryl methyl sites for hydroxylation is 1. The molecule has 0 unspecified atom stereocenters. The summed E-state index contributed by atoms with van der Waals surface area (Å²) in [6.45, 7) is 7.87. The van der Waals surface area contributed by atoms with Gasteiger partial charge in [-0.05, 0) is 37.2 Å². The van der Waals surface area contributed by atoms with Crippen LogP contribution in [-0.4, -0.2) is 35.7 Å². The monoisotopic (exact) mass is 304 g/mol. The van der Waals surface area contributed by atoms with Gasteiger partial charge in [0, 0.05) is 19.7 Å². The Morgan fingerprint density at radius 1 is 1.32 bits per heavy atom. The molecule has 2 N–H and O–H groups in total. The first-order valence-electron chi connectivity index (χ1n) is 8.20. The number of hydrogen-bond acceptors (Lipinski definition) is 2. The molecule has 1 atom stereocenters. The maximum atomic E-state index is 12.5. The molecule has 1 saturated heterocycles. The quantitative estimate of drug-likeness (QED) is 0.897. The van der Waals surface area contributed by atoms with Gasteiger partial charge in [0.1, 0.15) is 0 Å². The van der Waals surface area contributed by atoms with Crippen molar-refractivity contribution in [3.8, 4) is 0 Å². The van der Waals surface area contributed by atoms with Crippen molar-refractivity contribution in [1.29, 1.82) is 0 Å². The Labute approximate surface area is 133 Å². The fourth-order valence-electron chi connectivity index (χ4n) is 2.87. The van der Waals surface area contributed by atoms with E-state index in [2.05, 4.69) is 50.4 Å². The van der Waals surface area contributed by atoms with Crippen molar-refractivity contribution in [3.05, 3.63) is 35.4 Å². The highest BCUT2D eigenvalue weighted by molar-refractivity contribution is 5.74. The van der Waals surface area contributed by atoms with Gasteiger partial charge in [-0.25, -0.2) is 4.79 Å². The summed E-state index contributed by atoms with van der Waals surface area (Å²) in [4.78, 5) is 14.3. The molecule has 0 spiro atoms. The number of aliphatic hydroxyl groups excluding tert-OH is 1. The Morgan fingerprint density at radius 3 is 2.41 bits per heavy atom. The van der Waals surface area contributed by atoms with Gasteiger partial charge in [-0.3, -0.25) is 0 Å². The Balaban J connectivity index is 1.94. The van der Waals surface area contributed by atoms with Gasteiger partial charge >= 0.3 is 6.03 Å². The summed E-state index contributed by atoms with van der Waals surface area (Å²) < 4.78 is 0. The Kier molecular flexibility index (Phi) is 5.46. The van der Waals surface area contributed by atoms with Crippen LogP contribution in [0.25, 0.3) is 0 Å². The zero-order valence-electron chi connectivity index (χ0n) is 13.9. The average molecular weight is 304 g/mol. The molecule has 0 bridgehead atoms. The first-order valence-corrected chi connectivity index (χ1v) is 8.20. The normalized spacial score (nSPS) is 18.8. The molecule has 122 valence electrons. The van der Waals surface area contributed by atoms with E-state index in [9.17, 15) is 9.90 Å². The fraction of sp³-hybridized carbons (Fsp3) is 0.611. The number of benzene rings is 1. The van der Waals surface area contributed by atoms with Crippen molar-refractivity contribution in [1.82, 2.24) is 10.2 Å². The summed E-state index contributed by atoms with van der Waals surface area (Å²) in [6, 6.07) is 8.40. The fourth-order valence-corrected chi connectivity index (χ4v) is 2.87. The third-order valence-electron chi connectivity index (χ3n) is 4.83. The van der Waals surface area contributed by atoms with Crippen LogP contribution in [0.15, 0.2) is 24.3 Å². The van der Waals surface area contributed by atoms with Crippen molar-refractivity contribution in [2.75, 3.05) is 19.7 Å². The molecular formula is C18H28N2O2. The van der Waals surface area contributed by atoms with Crippen LogP contribution in [0.5, 0.6) is 0 Å². The Bertz CT molecular complexity index is 490. The molecule has 0 saturated carbocycles. The Hall–Kier alpha value is -1.55. The van der Waals surface area contributed by atoms with Gasteiger partial charge in [-0.15, -0.1) is 0 Å². The van der Waals surface area contributed by atoms with E-state index >= 15 is 0 Å². The molecule has 1 heterocycles. The summed E-state index contributed by atoms with van der Waals surface area (Å²) in [5, 5.41) is 12.6. The van der Waals surface area contributed by atoms with Gasteiger partial charge < -0.3 is 15.3 Å². The zero-order chi connectivity index (χ0) is 16.2. The number of amides is 2. The molecule has 4 nitrogen and oxygen atoms in total. The van der Waals surface area contributed by atoms with Crippen LogP contribution >= 0.6 is 0 Å². The molecule has 2 amide bonds. The first kappa shape index (κ1) is 16.8. The molecule has 0 aliphatic carbocycles. The molecule has 0 aromatic heterocycles. The van der Waals surface area contributed by atoms with E-state index in [1.807, 2.05) is 4.90 Å². The number of piperidine rings is 1. The van der Waals surface area contributed by atoms with Gasteiger partial charge in [0.15, 0.2) is 0 Å². The largest absolute Gasteiger partial charge is 0.396 e. The molecule has 22 heavy (non-hydrogen) atoms. The standard InChI is InChI=1S/C18H28N2O2/c1-4-16(15-7-5-14(2)6-8-15)19-17(22)20-11-9-18(3,13-21)10-12-20/h5-8,16,21H,4,9-13H2,1-3H3,(H,19,22)/t16-/m1/s1. The molecule has 1 aromatic carbocycles. The van der Waals surface area contributed by atoms with Crippen molar-refractivity contribution in [2.45, 2.75) is 46.1 Å². The van der Waals surface area contributed by atoms with Gasteiger partial charge in [0.05, 0.1) is 6.04 Å². The van der Waals surface area contributed by atoms with Crippen LogP contribution in [0.3, 0.4) is 0 Å². The van der Waals surface area contributed by atoms with Gasteiger partial charge in [0.2, 0.25) is 0 Å². The van der Waals surface area contributed by atoms with Crippen LogP contribution in [0, 0.1) is 12.3 Å². The predicted octanol–water partition coefficient (Wildman–Crippen LogP) is 3.25. The first-order chi connectivity index (χ1) is 10.5. The lowest BCUT2D eigenvalue weighted by Crippen LogP contribution is -2.48. The summed E-state index contributed by atoms with van der Waals surface area (Å²) in [7, 11) is 0. The summed E-state index contributed by atoms with van der Waals surface area (Å²) in [5.41, 5.74) is 2.35. The lowest BCUT2D eigenvalue weighted by atomic mass is 9.81. The maximum absolute atomic E-state index is 12.5. The molecular weight excluding hydrogens is 276 g/mol. The lowest BCUT2D eigenvalue weighted by molar-refractivity contribution is 0.0694. The number of likely N-dealkylation sites (tertiary alicyclic amines) is 1. The van der Waals surface area contributed by atoms with E-state index in [-0.39, 0.29) is 24.1 Å². The number of carbonyl (C=O) groups is 1. The second kappa shape index (κ2) is 7.14. The van der Waals surface area contributed by atoms with E-state index in [1.165, 1.54) is 5.56 Å². The predicted molar refractivity (Wildman–Crippen MR) is 88.7 cm³/mol. The SMILES string of the molecule is CC[C@@H](NC(=O)N1CCC(C)(CO)CC1)c1ccc(C)cc1. The number of hydrogen-bond donors (Lipinski definition) is 2. The van der Waals surface area contributed by atoms with Gasteiger partial charge in [0.25, 0.3) is 0 Å². The minimum atomic E-state index is -0.0299. The number of rotatable bonds is 4. The molecule has 1 aliphatic rings. The van der Waals surface area contributed by atoms with Crippen LogP contribution in [0.1, 0.15) is 50.3 Å². The van der Waals surface area contributed by atoms with Crippen LogP contribution in [0.4, 0.5) is 4.79 Å². The van der Waals surface area contributed by atoms with Crippen molar-refractivity contribution >= 4 is 6.03 Å². The zero-order valence-corrected chi connectivity index (χ0v) is 13.9. The molecule has 2 rings (SSSR count).